The van der Waals surface area contributed by atoms with Crippen molar-refractivity contribution in [2.75, 3.05) is 30.8 Å². The molecule has 0 bridgehead atoms. The number of hydrazone groups is 1. The van der Waals surface area contributed by atoms with Crippen LogP contribution >= 0.6 is 22.6 Å². The van der Waals surface area contributed by atoms with Crippen LogP contribution in [-0.4, -0.2) is 53.0 Å². The normalized spacial score (nSPS) is 11.2. The summed E-state index contributed by atoms with van der Waals surface area (Å²) in [5, 5.41) is 3.84. The molecule has 9 nitrogen and oxygen atoms in total. The maximum atomic E-state index is 12.2. The number of nitrogens with zero attached hydrogens (tertiary/aromatic N) is 2. The number of halogens is 1. The van der Waals surface area contributed by atoms with Gasteiger partial charge in [0, 0.05) is 3.57 Å². The maximum absolute atomic E-state index is 12.2. The van der Waals surface area contributed by atoms with Gasteiger partial charge in [0.1, 0.15) is 12.3 Å². The molecule has 2 aromatic carbocycles. The van der Waals surface area contributed by atoms with Crippen LogP contribution in [-0.2, 0) is 24.3 Å². The number of carbonyl (C=O) groups excluding carboxylic acids is 2. The van der Waals surface area contributed by atoms with Crippen molar-refractivity contribution < 1.29 is 27.5 Å². The Balaban J connectivity index is 1.99. The highest BCUT2D eigenvalue weighted by Gasteiger charge is 2.20. The number of amides is 1. The van der Waals surface area contributed by atoms with Crippen LogP contribution in [0.2, 0.25) is 0 Å². The largest absolute Gasteiger partial charge is 0.482 e. The second kappa shape index (κ2) is 10.9. The molecule has 1 N–H and O–H groups in total. The zero-order valence-corrected chi connectivity index (χ0v) is 19.2. The summed E-state index contributed by atoms with van der Waals surface area (Å²) in [6.07, 6.45) is 2.40. The molecule has 0 spiro atoms. The lowest BCUT2D eigenvalue weighted by Crippen LogP contribution is -2.39. The maximum Gasteiger partial charge on any atom is 0.343 e. The van der Waals surface area contributed by atoms with Gasteiger partial charge in [0.2, 0.25) is 10.0 Å². The molecule has 0 fully saturated rings. The van der Waals surface area contributed by atoms with E-state index in [1.54, 1.807) is 48.5 Å². The molecule has 0 aliphatic carbocycles. The van der Waals surface area contributed by atoms with E-state index < -0.39 is 28.4 Å². The molecular weight excluding hydrogens is 525 g/mol. The van der Waals surface area contributed by atoms with E-state index in [1.807, 2.05) is 0 Å². The number of rotatable bonds is 9. The van der Waals surface area contributed by atoms with Crippen LogP contribution in [0.25, 0.3) is 0 Å². The van der Waals surface area contributed by atoms with Crippen molar-refractivity contribution in [1.29, 1.82) is 0 Å². The van der Waals surface area contributed by atoms with Crippen LogP contribution in [0.3, 0.4) is 0 Å². The number of hydrogen-bond donors (Lipinski definition) is 1. The summed E-state index contributed by atoms with van der Waals surface area (Å²) in [5.41, 5.74) is 3.29. The molecule has 0 aliphatic rings. The minimum atomic E-state index is -3.66. The second-order valence-corrected chi connectivity index (χ2v) is 9.13. The van der Waals surface area contributed by atoms with Gasteiger partial charge in [-0.15, -0.1) is 0 Å². The van der Waals surface area contributed by atoms with Gasteiger partial charge >= 0.3 is 5.97 Å². The molecule has 0 saturated carbocycles. The van der Waals surface area contributed by atoms with E-state index in [-0.39, 0.29) is 6.61 Å². The van der Waals surface area contributed by atoms with Gasteiger partial charge in [-0.1, -0.05) is 12.1 Å². The standard InChI is InChI=1S/C19H20IN3O6S/c1-28-19(25)13-29-17-5-3-4-14(10-17)11-21-22-18(24)12-23(30(2,26)27)16-8-6-15(20)7-9-16/h3-11H,12-13H2,1-2H3,(H,22,24)/b21-11-. The molecule has 0 saturated heterocycles. The van der Waals surface area contributed by atoms with Crippen molar-refractivity contribution in [2.24, 2.45) is 5.10 Å². The monoisotopic (exact) mass is 545 g/mol. The summed E-state index contributed by atoms with van der Waals surface area (Å²) >= 11 is 2.10. The third kappa shape index (κ3) is 7.63. The van der Waals surface area contributed by atoms with Crippen molar-refractivity contribution in [2.45, 2.75) is 0 Å². The van der Waals surface area contributed by atoms with Gasteiger partial charge in [-0.25, -0.2) is 18.6 Å². The number of carbonyl (C=O) groups is 2. The summed E-state index contributed by atoms with van der Waals surface area (Å²) < 4.78 is 35.9. The molecule has 160 valence electrons. The van der Waals surface area contributed by atoms with E-state index in [1.165, 1.54) is 13.3 Å². The predicted octanol–water partition coefficient (Wildman–Crippen LogP) is 1.76. The zero-order chi connectivity index (χ0) is 22.1. The highest BCUT2D eigenvalue weighted by atomic mass is 127. The molecule has 11 heteroatoms. The Morgan fingerprint density at radius 1 is 1.20 bits per heavy atom. The average molecular weight is 545 g/mol. The molecule has 0 unspecified atom stereocenters. The summed E-state index contributed by atoms with van der Waals surface area (Å²) in [7, 11) is -2.40. The number of hydrogen-bond acceptors (Lipinski definition) is 7. The van der Waals surface area contributed by atoms with Gasteiger partial charge < -0.3 is 9.47 Å². The second-order valence-electron chi connectivity index (χ2n) is 5.98. The van der Waals surface area contributed by atoms with Gasteiger partial charge in [0.25, 0.3) is 5.91 Å². The van der Waals surface area contributed by atoms with E-state index in [2.05, 4.69) is 37.9 Å². The first-order chi connectivity index (χ1) is 14.2. The molecule has 0 aliphatic heterocycles. The Bertz CT molecular complexity index is 1020. The number of ether oxygens (including phenoxy) is 2. The lowest BCUT2D eigenvalue weighted by molar-refractivity contribution is -0.142. The van der Waals surface area contributed by atoms with Crippen LogP contribution in [0.1, 0.15) is 5.56 Å². The molecule has 30 heavy (non-hydrogen) atoms. The number of anilines is 1. The summed E-state index contributed by atoms with van der Waals surface area (Å²) in [5.74, 6) is -0.684. The van der Waals surface area contributed by atoms with Crippen LogP contribution in [0.4, 0.5) is 5.69 Å². The molecular formula is C19H20IN3O6S. The fourth-order valence-electron chi connectivity index (χ4n) is 2.24. The average Bonchev–Trinajstić information content (AvgIpc) is 2.70. The van der Waals surface area contributed by atoms with E-state index in [4.69, 9.17) is 4.74 Å². The van der Waals surface area contributed by atoms with E-state index in [0.29, 0.717) is 17.0 Å². The zero-order valence-electron chi connectivity index (χ0n) is 16.2. The predicted molar refractivity (Wildman–Crippen MR) is 121 cm³/mol. The third-order valence-electron chi connectivity index (χ3n) is 3.65. The number of sulfonamides is 1. The fraction of sp³-hybridized carbons (Fsp3) is 0.211. The Labute approximate surface area is 188 Å². The van der Waals surface area contributed by atoms with Crippen LogP contribution < -0.4 is 14.5 Å². The van der Waals surface area contributed by atoms with Gasteiger partial charge in [-0.3, -0.25) is 9.10 Å². The molecule has 0 heterocycles. The van der Waals surface area contributed by atoms with Crippen LogP contribution in [0, 0.1) is 3.57 Å². The Morgan fingerprint density at radius 3 is 2.53 bits per heavy atom. The van der Waals surface area contributed by atoms with E-state index in [0.717, 1.165) is 14.1 Å². The fourth-order valence-corrected chi connectivity index (χ4v) is 3.45. The highest BCUT2D eigenvalue weighted by molar-refractivity contribution is 14.1. The SMILES string of the molecule is COC(=O)COc1cccc(/C=N\NC(=O)CN(c2ccc(I)cc2)S(C)(=O)=O)c1. The first-order valence-electron chi connectivity index (χ1n) is 8.54. The van der Waals surface area contributed by atoms with E-state index >= 15 is 0 Å². The van der Waals surface area contributed by atoms with E-state index in [9.17, 15) is 18.0 Å². The number of methoxy groups -OCH3 is 1. The molecule has 2 aromatic rings. The number of esters is 1. The lowest BCUT2D eigenvalue weighted by Gasteiger charge is -2.21. The Hall–Kier alpha value is -2.67. The highest BCUT2D eigenvalue weighted by Crippen LogP contribution is 2.18. The molecule has 2 rings (SSSR count). The summed E-state index contributed by atoms with van der Waals surface area (Å²) in [6, 6.07) is 13.4. The summed E-state index contributed by atoms with van der Waals surface area (Å²) in [4.78, 5) is 23.3. The number of nitrogens with one attached hydrogen (secondary N) is 1. The van der Waals surface area contributed by atoms with Crippen LogP contribution in [0.5, 0.6) is 5.75 Å². The minimum Gasteiger partial charge on any atom is -0.482 e. The van der Waals surface area contributed by atoms with Crippen LogP contribution in [0.15, 0.2) is 53.6 Å². The van der Waals surface area contributed by atoms with Crippen molar-refractivity contribution in [3.05, 3.63) is 57.7 Å². The molecule has 0 atom stereocenters. The van der Waals surface area contributed by atoms with Gasteiger partial charge in [0.15, 0.2) is 6.61 Å². The lowest BCUT2D eigenvalue weighted by atomic mass is 10.2. The Morgan fingerprint density at radius 2 is 1.90 bits per heavy atom. The molecule has 0 radical (unpaired) electrons. The topological polar surface area (TPSA) is 114 Å². The van der Waals surface area contributed by atoms with Crippen molar-refractivity contribution in [3.63, 3.8) is 0 Å². The minimum absolute atomic E-state index is 0.228. The van der Waals surface area contributed by atoms with Crippen molar-refractivity contribution in [1.82, 2.24) is 5.43 Å². The first kappa shape index (κ1) is 23.6. The molecule has 1 amide bonds. The Kier molecular flexibility index (Phi) is 8.59. The van der Waals surface area contributed by atoms with Gasteiger partial charge in [-0.2, -0.15) is 5.10 Å². The summed E-state index contributed by atoms with van der Waals surface area (Å²) in [6.45, 7) is -0.646. The van der Waals surface area contributed by atoms with Gasteiger partial charge in [-0.05, 0) is 64.6 Å². The van der Waals surface area contributed by atoms with Gasteiger partial charge in [0.05, 0.1) is 25.3 Å². The first-order valence-corrected chi connectivity index (χ1v) is 11.5. The quantitative estimate of drug-likeness (QED) is 0.222. The third-order valence-corrected chi connectivity index (χ3v) is 5.51. The van der Waals surface area contributed by atoms with Crippen molar-refractivity contribution >= 4 is 56.4 Å². The number of benzene rings is 2. The molecule has 0 aromatic heterocycles. The smallest absolute Gasteiger partial charge is 0.343 e. The van der Waals surface area contributed by atoms with Crippen molar-refractivity contribution in [3.8, 4) is 5.75 Å².